The summed E-state index contributed by atoms with van der Waals surface area (Å²) < 4.78 is 0. The maximum absolute atomic E-state index is 12.4. The number of benzene rings is 1. The van der Waals surface area contributed by atoms with Crippen molar-refractivity contribution in [2.45, 2.75) is 33.6 Å². The van der Waals surface area contributed by atoms with E-state index >= 15 is 0 Å². The molecule has 1 aromatic heterocycles. The number of carboxylic acid groups (broad SMARTS) is 1. The second kappa shape index (κ2) is 6.27. The van der Waals surface area contributed by atoms with Crippen LogP contribution in [-0.4, -0.2) is 22.0 Å². The molecule has 0 fully saturated rings. The van der Waals surface area contributed by atoms with E-state index in [-0.39, 0.29) is 10.8 Å². The smallest absolute Gasteiger partial charge is 0.347 e. The number of carboxylic acids is 1. The van der Waals surface area contributed by atoms with Crippen LogP contribution in [0.25, 0.3) is 0 Å². The van der Waals surface area contributed by atoms with Crippen molar-refractivity contribution in [2.75, 3.05) is 5.32 Å². The summed E-state index contributed by atoms with van der Waals surface area (Å²) in [6.45, 7) is 7.30. The molecule has 0 saturated carbocycles. The molecule has 2 rings (SSSR count). The summed E-state index contributed by atoms with van der Waals surface area (Å²) in [4.78, 5) is 27.8. The van der Waals surface area contributed by atoms with E-state index in [2.05, 4.69) is 10.3 Å². The second-order valence-electron chi connectivity index (χ2n) is 5.23. The Kier molecular flexibility index (Phi) is 4.61. The highest BCUT2D eigenvalue weighted by Crippen LogP contribution is 2.27. The number of nitrogens with zero attached hydrogens (tertiary/aromatic N) is 1. The molecule has 0 spiro atoms. The Morgan fingerprint density at radius 2 is 1.95 bits per heavy atom. The van der Waals surface area contributed by atoms with Crippen LogP contribution < -0.4 is 5.32 Å². The highest BCUT2D eigenvalue weighted by molar-refractivity contribution is 7.13. The minimum Gasteiger partial charge on any atom is -0.477 e. The lowest BCUT2D eigenvalue weighted by atomic mass is 10.1. The van der Waals surface area contributed by atoms with Crippen molar-refractivity contribution in [2.24, 2.45) is 0 Å². The first-order chi connectivity index (χ1) is 10.3. The number of carbonyl (C=O) groups is 2. The van der Waals surface area contributed by atoms with Gasteiger partial charge in [-0.05, 0) is 44.9 Å². The van der Waals surface area contributed by atoms with Crippen LogP contribution in [0.1, 0.15) is 44.3 Å². The van der Waals surface area contributed by atoms with Crippen LogP contribution in [0.5, 0.6) is 0 Å². The Morgan fingerprint density at radius 3 is 2.55 bits per heavy atom. The van der Waals surface area contributed by atoms with Gasteiger partial charge in [-0.1, -0.05) is 12.1 Å². The summed E-state index contributed by atoms with van der Waals surface area (Å²) in [6, 6.07) is 5.72. The fraction of sp³-hybridized carbons (Fsp3) is 0.312. The van der Waals surface area contributed by atoms with E-state index in [1.807, 2.05) is 32.0 Å². The van der Waals surface area contributed by atoms with E-state index < -0.39 is 11.9 Å². The number of aromatic nitrogens is 1. The molecule has 1 aromatic carbocycles. The zero-order valence-electron chi connectivity index (χ0n) is 12.9. The monoisotopic (exact) mass is 318 g/mol. The molecular weight excluding hydrogens is 300 g/mol. The third-order valence-electron chi connectivity index (χ3n) is 3.63. The number of hydrogen-bond donors (Lipinski definition) is 2. The Hall–Kier alpha value is -2.21. The first-order valence-electron chi connectivity index (χ1n) is 6.89. The van der Waals surface area contributed by atoms with E-state index in [9.17, 15) is 9.59 Å². The van der Waals surface area contributed by atoms with Crippen molar-refractivity contribution in [3.63, 3.8) is 0 Å². The summed E-state index contributed by atoms with van der Waals surface area (Å²) in [6.07, 6.45) is 0. The lowest BCUT2D eigenvalue weighted by Gasteiger charge is -2.13. The lowest BCUT2D eigenvalue weighted by Crippen LogP contribution is -2.19. The van der Waals surface area contributed by atoms with Gasteiger partial charge in [0.1, 0.15) is 9.88 Å². The standard InChI is InChI=1S/C16H18N2O3S/c1-8-6-5-7-12(9(8)2)18-14(19)10(3)15-17-11(4)13(22-15)16(20)21/h5-7,10H,1-4H3,(H,18,19)(H,20,21)/t10-/m0/s1. The minimum atomic E-state index is -1.01. The summed E-state index contributed by atoms with van der Waals surface area (Å²) in [7, 11) is 0. The molecule has 0 aliphatic rings. The molecule has 0 unspecified atom stereocenters. The van der Waals surface area contributed by atoms with Gasteiger partial charge in [0.25, 0.3) is 0 Å². The molecule has 1 amide bonds. The van der Waals surface area contributed by atoms with Crippen molar-refractivity contribution in [1.82, 2.24) is 4.98 Å². The number of aromatic carboxylic acids is 1. The molecule has 1 heterocycles. The fourth-order valence-electron chi connectivity index (χ4n) is 2.04. The summed E-state index contributed by atoms with van der Waals surface area (Å²) in [5.74, 6) is -1.71. The van der Waals surface area contributed by atoms with Gasteiger partial charge in [0, 0.05) is 5.69 Å². The van der Waals surface area contributed by atoms with Crippen LogP contribution in [0.2, 0.25) is 0 Å². The normalized spacial score (nSPS) is 12.0. The van der Waals surface area contributed by atoms with Crippen molar-refractivity contribution >= 4 is 28.9 Å². The van der Waals surface area contributed by atoms with Gasteiger partial charge >= 0.3 is 5.97 Å². The van der Waals surface area contributed by atoms with Gasteiger partial charge in [-0.25, -0.2) is 9.78 Å². The van der Waals surface area contributed by atoms with Crippen molar-refractivity contribution in [3.8, 4) is 0 Å². The summed E-state index contributed by atoms with van der Waals surface area (Å²) >= 11 is 1.05. The van der Waals surface area contributed by atoms with Gasteiger partial charge in [0.2, 0.25) is 5.91 Å². The van der Waals surface area contributed by atoms with Gasteiger partial charge in [0.15, 0.2) is 0 Å². The Morgan fingerprint density at radius 1 is 1.27 bits per heavy atom. The van der Waals surface area contributed by atoms with E-state index in [0.717, 1.165) is 28.2 Å². The quantitative estimate of drug-likeness (QED) is 0.904. The number of rotatable bonds is 4. The van der Waals surface area contributed by atoms with E-state index in [4.69, 9.17) is 5.11 Å². The number of carbonyl (C=O) groups excluding carboxylic acids is 1. The largest absolute Gasteiger partial charge is 0.477 e. The molecule has 0 aliphatic heterocycles. The highest BCUT2D eigenvalue weighted by atomic mass is 32.1. The van der Waals surface area contributed by atoms with Crippen LogP contribution in [0.15, 0.2) is 18.2 Å². The minimum absolute atomic E-state index is 0.182. The zero-order chi connectivity index (χ0) is 16.4. The molecule has 1 atom stereocenters. The molecule has 6 heteroatoms. The van der Waals surface area contributed by atoms with Crippen LogP contribution in [0, 0.1) is 20.8 Å². The third kappa shape index (κ3) is 3.17. The predicted molar refractivity (Wildman–Crippen MR) is 86.8 cm³/mol. The Labute approximate surface area is 133 Å². The van der Waals surface area contributed by atoms with Gasteiger partial charge in [0.05, 0.1) is 11.6 Å². The topological polar surface area (TPSA) is 79.3 Å². The zero-order valence-corrected chi connectivity index (χ0v) is 13.7. The average molecular weight is 318 g/mol. The fourth-order valence-corrected chi connectivity index (χ4v) is 3.00. The van der Waals surface area contributed by atoms with Gasteiger partial charge < -0.3 is 10.4 Å². The average Bonchev–Trinajstić information content (AvgIpc) is 2.85. The van der Waals surface area contributed by atoms with E-state index in [0.29, 0.717) is 10.7 Å². The van der Waals surface area contributed by atoms with Crippen molar-refractivity contribution in [3.05, 3.63) is 44.9 Å². The number of amides is 1. The predicted octanol–water partition coefficient (Wildman–Crippen LogP) is 3.51. The maximum atomic E-state index is 12.4. The number of hydrogen-bond acceptors (Lipinski definition) is 4. The molecule has 0 aliphatic carbocycles. The van der Waals surface area contributed by atoms with E-state index in [1.165, 1.54) is 0 Å². The maximum Gasteiger partial charge on any atom is 0.347 e. The number of aryl methyl sites for hydroxylation is 2. The number of nitrogens with one attached hydrogen (secondary N) is 1. The molecule has 0 bridgehead atoms. The van der Waals surface area contributed by atoms with Crippen LogP contribution >= 0.6 is 11.3 Å². The van der Waals surface area contributed by atoms with Crippen LogP contribution in [0.4, 0.5) is 5.69 Å². The van der Waals surface area contributed by atoms with E-state index in [1.54, 1.807) is 13.8 Å². The molecule has 116 valence electrons. The lowest BCUT2D eigenvalue weighted by molar-refractivity contribution is -0.117. The Bertz CT molecular complexity index is 737. The molecule has 0 saturated heterocycles. The van der Waals surface area contributed by atoms with Gasteiger partial charge in [-0.2, -0.15) is 0 Å². The molecule has 5 nitrogen and oxygen atoms in total. The van der Waals surface area contributed by atoms with Crippen molar-refractivity contribution < 1.29 is 14.7 Å². The third-order valence-corrected chi connectivity index (χ3v) is 4.96. The first-order valence-corrected chi connectivity index (χ1v) is 7.70. The van der Waals surface area contributed by atoms with Gasteiger partial charge in [-0.3, -0.25) is 4.79 Å². The second-order valence-corrected chi connectivity index (χ2v) is 6.26. The van der Waals surface area contributed by atoms with Crippen LogP contribution in [0.3, 0.4) is 0 Å². The molecule has 2 N–H and O–H groups in total. The molecule has 2 aromatic rings. The van der Waals surface area contributed by atoms with Gasteiger partial charge in [-0.15, -0.1) is 11.3 Å². The molecule has 0 radical (unpaired) electrons. The number of anilines is 1. The number of thiazole rings is 1. The van der Waals surface area contributed by atoms with Crippen molar-refractivity contribution in [1.29, 1.82) is 0 Å². The summed E-state index contributed by atoms with van der Waals surface area (Å²) in [5, 5.41) is 12.5. The Balaban J connectivity index is 2.21. The molecular formula is C16H18N2O3S. The van der Waals surface area contributed by atoms with Crippen LogP contribution in [-0.2, 0) is 4.79 Å². The first kappa shape index (κ1) is 16.2. The highest BCUT2D eigenvalue weighted by Gasteiger charge is 2.23. The summed E-state index contributed by atoms with van der Waals surface area (Å²) in [5.41, 5.74) is 3.33. The SMILES string of the molecule is Cc1cccc(NC(=O)[C@H](C)c2nc(C)c(C(=O)O)s2)c1C. The molecule has 22 heavy (non-hydrogen) atoms.